The highest BCUT2D eigenvalue weighted by molar-refractivity contribution is 7.14. The zero-order valence-electron chi connectivity index (χ0n) is 9.77. The third-order valence-electron chi connectivity index (χ3n) is 2.25. The highest BCUT2D eigenvalue weighted by atomic mass is 32.1. The van der Waals surface area contributed by atoms with Crippen LogP contribution in [0.4, 0.5) is 0 Å². The van der Waals surface area contributed by atoms with Gasteiger partial charge in [0, 0.05) is 12.0 Å². The van der Waals surface area contributed by atoms with Crippen LogP contribution >= 0.6 is 11.3 Å². The van der Waals surface area contributed by atoms with Crippen molar-refractivity contribution in [2.24, 2.45) is 0 Å². The van der Waals surface area contributed by atoms with Gasteiger partial charge in [-0.1, -0.05) is 48.6 Å². The first-order valence-corrected chi connectivity index (χ1v) is 6.26. The van der Waals surface area contributed by atoms with E-state index in [-0.39, 0.29) is 5.97 Å². The molecule has 0 radical (unpaired) electrons. The number of rotatable bonds is 3. The van der Waals surface area contributed by atoms with E-state index in [0.29, 0.717) is 11.5 Å². The number of nitrogens with zero attached hydrogens (tertiary/aromatic N) is 1. The Kier molecular flexibility index (Phi) is 3.54. The number of hydrogen-bond donors (Lipinski definition) is 0. The van der Waals surface area contributed by atoms with E-state index < -0.39 is 0 Å². The molecule has 2 aromatic rings. The van der Waals surface area contributed by atoms with Crippen molar-refractivity contribution < 1.29 is 9.53 Å². The molecule has 1 aromatic carbocycles. The van der Waals surface area contributed by atoms with Crippen LogP contribution in [-0.2, 0) is 4.79 Å². The molecule has 1 heterocycles. The first-order valence-electron chi connectivity index (χ1n) is 5.44. The molecule has 88 valence electrons. The van der Waals surface area contributed by atoms with Gasteiger partial charge in [0.25, 0.3) is 0 Å². The lowest BCUT2D eigenvalue weighted by Crippen LogP contribution is -2.05. The largest absolute Gasteiger partial charge is 0.413 e. The van der Waals surface area contributed by atoms with E-state index >= 15 is 0 Å². The van der Waals surface area contributed by atoms with Gasteiger partial charge < -0.3 is 4.74 Å². The van der Waals surface area contributed by atoms with E-state index in [1.54, 1.807) is 6.92 Å². The van der Waals surface area contributed by atoms with Crippen molar-refractivity contribution >= 4 is 17.3 Å². The lowest BCUT2D eigenvalue weighted by Gasteiger charge is -2.02. The molecular formula is C13H13NO2S. The summed E-state index contributed by atoms with van der Waals surface area (Å²) in [5.74, 6) is -0.231. The van der Waals surface area contributed by atoms with E-state index in [2.05, 4.69) is 4.98 Å². The molecule has 0 saturated carbocycles. The van der Waals surface area contributed by atoms with Crippen LogP contribution in [-0.4, -0.2) is 11.0 Å². The Morgan fingerprint density at radius 1 is 1.35 bits per heavy atom. The van der Waals surface area contributed by atoms with Crippen LogP contribution < -0.4 is 4.74 Å². The quantitative estimate of drug-likeness (QED) is 0.780. The van der Waals surface area contributed by atoms with Crippen molar-refractivity contribution in [1.82, 2.24) is 4.98 Å². The number of hydrogen-bond acceptors (Lipinski definition) is 4. The van der Waals surface area contributed by atoms with Gasteiger partial charge in [-0.2, -0.15) is 0 Å². The number of aryl methyl sites for hydroxylation is 1. The SMILES string of the molecule is CCC(=O)Oc1sc(C)nc1-c1ccccc1. The average Bonchev–Trinajstić information content (AvgIpc) is 2.71. The Bertz CT molecular complexity index is 519. The summed E-state index contributed by atoms with van der Waals surface area (Å²) >= 11 is 1.40. The number of carbonyl (C=O) groups is 1. The Hall–Kier alpha value is -1.68. The van der Waals surface area contributed by atoms with Crippen molar-refractivity contribution in [3.05, 3.63) is 35.3 Å². The Labute approximate surface area is 104 Å². The van der Waals surface area contributed by atoms with Crippen LogP contribution in [0.3, 0.4) is 0 Å². The van der Waals surface area contributed by atoms with E-state index in [9.17, 15) is 4.79 Å². The first kappa shape index (κ1) is 11.8. The summed E-state index contributed by atoms with van der Waals surface area (Å²) in [4.78, 5) is 15.7. The minimum absolute atomic E-state index is 0.231. The maximum Gasteiger partial charge on any atom is 0.311 e. The fourth-order valence-corrected chi connectivity index (χ4v) is 2.23. The summed E-state index contributed by atoms with van der Waals surface area (Å²) in [6, 6.07) is 9.74. The molecule has 2 rings (SSSR count). The molecule has 0 aliphatic heterocycles. The number of aromatic nitrogens is 1. The fourth-order valence-electron chi connectivity index (χ4n) is 1.43. The molecule has 0 unspecified atom stereocenters. The van der Waals surface area contributed by atoms with E-state index in [4.69, 9.17) is 4.74 Å². The molecule has 0 atom stereocenters. The zero-order valence-corrected chi connectivity index (χ0v) is 10.6. The average molecular weight is 247 g/mol. The number of benzene rings is 1. The molecule has 4 heteroatoms. The molecule has 3 nitrogen and oxygen atoms in total. The van der Waals surface area contributed by atoms with Crippen LogP contribution in [0.15, 0.2) is 30.3 Å². The molecule has 1 aromatic heterocycles. The highest BCUT2D eigenvalue weighted by Gasteiger charge is 2.14. The van der Waals surface area contributed by atoms with E-state index in [1.807, 2.05) is 37.3 Å². The van der Waals surface area contributed by atoms with Gasteiger partial charge in [-0.25, -0.2) is 4.98 Å². The molecule has 0 spiro atoms. The normalized spacial score (nSPS) is 10.2. The van der Waals surface area contributed by atoms with Crippen LogP contribution in [0.25, 0.3) is 11.3 Å². The van der Waals surface area contributed by atoms with E-state index in [1.165, 1.54) is 11.3 Å². The molecule has 0 saturated heterocycles. The lowest BCUT2D eigenvalue weighted by molar-refractivity contribution is -0.133. The molecular weight excluding hydrogens is 234 g/mol. The van der Waals surface area contributed by atoms with Crippen LogP contribution in [0.5, 0.6) is 5.06 Å². The number of thiazole rings is 1. The van der Waals surface area contributed by atoms with Crippen LogP contribution in [0.1, 0.15) is 18.4 Å². The van der Waals surface area contributed by atoms with Crippen molar-refractivity contribution in [3.8, 4) is 16.3 Å². The van der Waals surface area contributed by atoms with Crippen LogP contribution in [0.2, 0.25) is 0 Å². The Morgan fingerprint density at radius 2 is 2.06 bits per heavy atom. The van der Waals surface area contributed by atoms with Gasteiger partial charge in [-0.3, -0.25) is 4.79 Å². The molecule has 17 heavy (non-hydrogen) atoms. The maximum absolute atomic E-state index is 11.3. The fraction of sp³-hybridized carbons (Fsp3) is 0.231. The summed E-state index contributed by atoms with van der Waals surface area (Å²) in [5.41, 5.74) is 1.71. The minimum atomic E-state index is -0.231. The zero-order chi connectivity index (χ0) is 12.3. The molecule has 0 fully saturated rings. The summed E-state index contributed by atoms with van der Waals surface area (Å²) in [7, 11) is 0. The third kappa shape index (κ3) is 2.71. The topological polar surface area (TPSA) is 39.2 Å². The Balaban J connectivity index is 2.37. The molecule has 0 amide bonds. The van der Waals surface area contributed by atoms with Crippen molar-refractivity contribution in [2.75, 3.05) is 0 Å². The van der Waals surface area contributed by atoms with Gasteiger partial charge in [0.2, 0.25) is 5.06 Å². The predicted octanol–water partition coefficient (Wildman–Crippen LogP) is 3.43. The summed E-state index contributed by atoms with van der Waals surface area (Å²) < 4.78 is 5.29. The highest BCUT2D eigenvalue weighted by Crippen LogP contribution is 2.35. The Morgan fingerprint density at radius 3 is 2.71 bits per heavy atom. The minimum Gasteiger partial charge on any atom is -0.413 e. The molecule has 0 N–H and O–H groups in total. The summed E-state index contributed by atoms with van der Waals surface area (Å²) in [6.45, 7) is 3.68. The smallest absolute Gasteiger partial charge is 0.311 e. The third-order valence-corrected chi connectivity index (χ3v) is 3.09. The van der Waals surface area contributed by atoms with Gasteiger partial charge >= 0.3 is 5.97 Å². The van der Waals surface area contributed by atoms with Gasteiger partial charge in [-0.15, -0.1) is 0 Å². The van der Waals surface area contributed by atoms with E-state index in [0.717, 1.165) is 16.3 Å². The summed E-state index contributed by atoms with van der Waals surface area (Å²) in [5, 5.41) is 1.48. The van der Waals surface area contributed by atoms with Crippen molar-refractivity contribution in [2.45, 2.75) is 20.3 Å². The number of ether oxygens (including phenoxy) is 1. The monoisotopic (exact) mass is 247 g/mol. The number of carbonyl (C=O) groups excluding carboxylic acids is 1. The number of esters is 1. The standard InChI is InChI=1S/C13H13NO2S/c1-3-11(15)16-13-12(14-9(2)17-13)10-7-5-4-6-8-10/h4-8H,3H2,1-2H3. The van der Waals surface area contributed by atoms with Crippen molar-refractivity contribution in [1.29, 1.82) is 0 Å². The molecule has 0 aliphatic carbocycles. The van der Waals surface area contributed by atoms with Gasteiger partial charge in [0.15, 0.2) is 0 Å². The second-order valence-corrected chi connectivity index (χ2v) is 4.73. The first-order chi connectivity index (χ1) is 8.20. The summed E-state index contributed by atoms with van der Waals surface area (Å²) in [6.07, 6.45) is 0.366. The second-order valence-electron chi connectivity index (χ2n) is 3.56. The van der Waals surface area contributed by atoms with Crippen LogP contribution in [0, 0.1) is 6.92 Å². The van der Waals surface area contributed by atoms with Gasteiger partial charge in [-0.05, 0) is 6.92 Å². The lowest BCUT2D eigenvalue weighted by atomic mass is 10.2. The second kappa shape index (κ2) is 5.10. The van der Waals surface area contributed by atoms with Gasteiger partial charge in [0.1, 0.15) is 5.69 Å². The maximum atomic E-state index is 11.3. The van der Waals surface area contributed by atoms with Crippen molar-refractivity contribution in [3.63, 3.8) is 0 Å². The predicted molar refractivity (Wildman–Crippen MR) is 68.2 cm³/mol. The molecule has 0 aliphatic rings. The van der Waals surface area contributed by atoms with Gasteiger partial charge in [0.05, 0.1) is 5.01 Å². The molecule has 0 bridgehead atoms.